The minimum atomic E-state index is -1.25. The van der Waals surface area contributed by atoms with Gasteiger partial charge in [0.05, 0.1) is 12.8 Å². The molecule has 7 amide bonds. The summed E-state index contributed by atoms with van der Waals surface area (Å²) in [5, 5.41) is 23.2. The summed E-state index contributed by atoms with van der Waals surface area (Å²) in [4.78, 5) is 90.8. The normalized spacial score (nSPS) is 16.0. The molecule has 0 spiro atoms. The Bertz CT molecular complexity index is 1620. The molecule has 0 aliphatic carbocycles. The standard InChI is InChI=1S/C38H53N7O8/c1-5-7-12-29(42-31(46)20-25-15-17-26(18-16-25)41-38(53)43-28-13-9-8-11-24(28)4)36(51)40-27(22-33(48)49)21-32(47)44-34(23(3)6-2)37(52)45-19-10-14-30(45)35(39)50/h8-9,11,13,15-18,23,27,29-30,34H,5-7,10,12,14,19-22H2,1-4H3,(H2,39,50)(H,40,51)(H,42,46)(H,44,47)(H,48,49)(H2,41,43,53)/t23?,27-,29+,30+,34+/m1/s1. The maximum atomic E-state index is 13.5. The summed E-state index contributed by atoms with van der Waals surface area (Å²) >= 11 is 0. The van der Waals surface area contributed by atoms with Crippen molar-refractivity contribution >= 4 is 52.9 Å². The van der Waals surface area contributed by atoms with Crippen LogP contribution in [0.1, 0.15) is 83.3 Å². The molecular weight excluding hydrogens is 682 g/mol. The van der Waals surface area contributed by atoms with Gasteiger partial charge in [-0.25, -0.2) is 4.79 Å². The SMILES string of the molecule is CCCC[C@H](NC(=O)Cc1ccc(NC(=O)Nc2ccccc2C)cc1)C(=O)N[C@@H](CC(=O)O)CC(=O)N[C@H](C(=O)N1CCC[C@H]1C(N)=O)C(C)CC. The van der Waals surface area contributed by atoms with E-state index < -0.39 is 78.5 Å². The van der Waals surface area contributed by atoms with Crippen LogP contribution in [0.25, 0.3) is 0 Å². The number of anilines is 2. The summed E-state index contributed by atoms with van der Waals surface area (Å²) in [5.74, 6) is -4.35. The molecule has 1 heterocycles. The number of hydrogen-bond donors (Lipinski definition) is 7. The zero-order valence-corrected chi connectivity index (χ0v) is 30.9. The number of para-hydroxylation sites is 1. The van der Waals surface area contributed by atoms with E-state index >= 15 is 0 Å². The van der Waals surface area contributed by atoms with Crippen LogP contribution in [0, 0.1) is 12.8 Å². The highest BCUT2D eigenvalue weighted by molar-refractivity contribution is 6.00. The van der Waals surface area contributed by atoms with E-state index in [1.54, 1.807) is 37.3 Å². The van der Waals surface area contributed by atoms with Gasteiger partial charge in [-0.3, -0.25) is 28.8 Å². The highest BCUT2D eigenvalue weighted by Crippen LogP contribution is 2.21. The number of nitrogens with one attached hydrogen (secondary N) is 5. The largest absolute Gasteiger partial charge is 0.481 e. The maximum Gasteiger partial charge on any atom is 0.323 e. The van der Waals surface area contributed by atoms with Crippen LogP contribution < -0.4 is 32.3 Å². The minimum Gasteiger partial charge on any atom is -0.481 e. The Balaban J connectivity index is 1.62. The van der Waals surface area contributed by atoms with Crippen LogP contribution in [0.3, 0.4) is 0 Å². The second-order valence-corrected chi connectivity index (χ2v) is 13.6. The number of rotatable bonds is 19. The summed E-state index contributed by atoms with van der Waals surface area (Å²) < 4.78 is 0. The van der Waals surface area contributed by atoms with E-state index in [1.165, 1.54) is 4.90 Å². The number of urea groups is 1. The Labute approximate surface area is 310 Å². The van der Waals surface area contributed by atoms with Gasteiger partial charge in [0, 0.05) is 30.4 Å². The number of nitrogens with zero attached hydrogens (tertiary/aromatic N) is 1. The molecule has 15 heteroatoms. The van der Waals surface area contributed by atoms with Crippen molar-refractivity contribution in [2.75, 3.05) is 17.2 Å². The number of likely N-dealkylation sites (tertiary alicyclic amines) is 1. The molecule has 0 radical (unpaired) electrons. The highest BCUT2D eigenvalue weighted by Gasteiger charge is 2.38. The molecule has 0 bridgehead atoms. The summed E-state index contributed by atoms with van der Waals surface area (Å²) in [5.41, 5.74) is 8.24. The van der Waals surface area contributed by atoms with Gasteiger partial charge in [-0.05, 0) is 61.4 Å². The van der Waals surface area contributed by atoms with Crippen molar-refractivity contribution < 1.29 is 38.7 Å². The van der Waals surface area contributed by atoms with E-state index in [0.717, 1.165) is 12.0 Å². The number of carbonyl (C=O) groups excluding carboxylic acids is 6. The van der Waals surface area contributed by atoms with Crippen molar-refractivity contribution in [2.24, 2.45) is 11.7 Å². The molecule has 1 aliphatic heterocycles. The monoisotopic (exact) mass is 735 g/mol. The van der Waals surface area contributed by atoms with Gasteiger partial charge >= 0.3 is 12.0 Å². The average Bonchev–Trinajstić information content (AvgIpc) is 3.61. The van der Waals surface area contributed by atoms with Gasteiger partial charge in [-0.15, -0.1) is 0 Å². The molecule has 1 unspecified atom stereocenters. The summed E-state index contributed by atoms with van der Waals surface area (Å²) in [6, 6.07) is 9.75. The number of hydrogen-bond acceptors (Lipinski definition) is 7. The number of aliphatic carboxylic acids is 1. The first-order valence-electron chi connectivity index (χ1n) is 18.2. The smallest absolute Gasteiger partial charge is 0.323 e. The lowest BCUT2D eigenvalue weighted by atomic mass is 9.96. The molecule has 2 aromatic rings. The van der Waals surface area contributed by atoms with Gasteiger partial charge in [0.15, 0.2) is 0 Å². The number of aryl methyl sites for hydroxylation is 1. The second-order valence-electron chi connectivity index (χ2n) is 13.6. The molecular formula is C38H53N7O8. The predicted molar refractivity (Wildman–Crippen MR) is 200 cm³/mol. The van der Waals surface area contributed by atoms with Crippen LogP contribution >= 0.6 is 0 Å². The van der Waals surface area contributed by atoms with Crippen molar-refractivity contribution in [3.8, 4) is 0 Å². The Hall–Kier alpha value is -5.47. The van der Waals surface area contributed by atoms with E-state index in [-0.39, 0.29) is 18.8 Å². The van der Waals surface area contributed by atoms with Crippen LogP contribution in [0.4, 0.5) is 16.2 Å². The van der Waals surface area contributed by atoms with Gasteiger partial charge in [0.1, 0.15) is 18.1 Å². The fourth-order valence-electron chi connectivity index (χ4n) is 6.14. The molecule has 53 heavy (non-hydrogen) atoms. The molecule has 1 saturated heterocycles. The lowest BCUT2D eigenvalue weighted by molar-refractivity contribution is -0.142. The van der Waals surface area contributed by atoms with E-state index in [2.05, 4.69) is 26.6 Å². The lowest BCUT2D eigenvalue weighted by Gasteiger charge is -2.31. The average molecular weight is 736 g/mol. The molecule has 3 rings (SSSR count). The van der Waals surface area contributed by atoms with Crippen molar-refractivity contribution in [3.05, 3.63) is 59.7 Å². The van der Waals surface area contributed by atoms with Crippen LogP contribution in [0.15, 0.2) is 48.5 Å². The number of unbranched alkanes of at least 4 members (excludes halogenated alkanes) is 1. The minimum absolute atomic E-state index is 0.0643. The Morgan fingerprint density at radius 1 is 0.906 bits per heavy atom. The van der Waals surface area contributed by atoms with Crippen LogP contribution in [0.5, 0.6) is 0 Å². The van der Waals surface area contributed by atoms with E-state index in [1.807, 2.05) is 39.0 Å². The van der Waals surface area contributed by atoms with E-state index in [9.17, 15) is 38.7 Å². The zero-order valence-electron chi connectivity index (χ0n) is 30.9. The molecule has 0 aromatic heterocycles. The molecule has 15 nitrogen and oxygen atoms in total. The summed E-state index contributed by atoms with van der Waals surface area (Å²) in [7, 11) is 0. The third-order valence-corrected chi connectivity index (χ3v) is 9.33. The van der Waals surface area contributed by atoms with Gasteiger partial charge < -0.3 is 42.3 Å². The quantitative estimate of drug-likeness (QED) is 0.113. The van der Waals surface area contributed by atoms with E-state index in [4.69, 9.17) is 5.73 Å². The Morgan fingerprint density at radius 3 is 2.23 bits per heavy atom. The Kier molecular flexibility index (Phi) is 16.3. The van der Waals surface area contributed by atoms with Crippen molar-refractivity contribution in [2.45, 2.75) is 110 Å². The number of nitrogens with two attached hydrogens (primary N) is 1. The van der Waals surface area contributed by atoms with Crippen LogP contribution in [0.2, 0.25) is 0 Å². The van der Waals surface area contributed by atoms with Crippen molar-refractivity contribution in [1.82, 2.24) is 20.9 Å². The number of benzene rings is 2. The van der Waals surface area contributed by atoms with Gasteiger partial charge in [-0.1, -0.05) is 70.4 Å². The number of primary amides is 1. The van der Waals surface area contributed by atoms with Crippen LogP contribution in [-0.4, -0.2) is 82.3 Å². The summed E-state index contributed by atoms with van der Waals surface area (Å²) in [6.07, 6.45) is 2.09. The third-order valence-electron chi connectivity index (χ3n) is 9.33. The number of carboxylic acids is 1. The highest BCUT2D eigenvalue weighted by atomic mass is 16.4. The summed E-state index contributed by atoms with van der Waals surface area (Å²) in [6.45, 7) is 7.77. The number of carboxylic acid groups (broad SMARTS) is 1. The predicted octanol–water partition coefficient (Wildman–Crippen LogP) is 3.21. The van der Waals surface area contributed by atoms with Crippen molar-refractivity contribution in [3.63, 3.8) is 0 Å². The molecule has 8 N–H and O–H groups in total. The Morgan fingerprint density at radius 2 is 1.60 bits per heavy atom. The van der Waals surface area contributed by atoms with Gasteiger partial charge in [0.25, 0.3) is 0 Å². The molecule has 1 aliphatic rings. The second kappa shape index (κ2) is 20.5. The zero-order chi connectivity index (χ0) is 39.1. The van der Waals surface area contributed by atoms with Crippen LogP contribution in [-0.2, 0) is 35.2 Å². The fourth-order valence-corrected chi connectivity index (χ4v) is 6.14. The first kappa shape index (κ1) is 41.9. The fraction of sp³-hybridized carbons (Fsp3) is 0.500. The molecule has 0 saturated carbocycles. The van der Waals surface area contributed by atoms with E-state index in [0.29, 0.717) is 49.2 Å². The lowest BCUT2D eigenvalue weighted by Crippen LogP contribution is -2.56. The maximum absolute atomic E-state index is 13.5. The third kappa shape index (κ3) is 13.2. The number of carbonyl (C=O) groups is 7. The topological polar surface area (TPSA) is 229 Å². The first-order valence-corrected chi connectivity index (χ1v) is 18.2. The van der Waals surface area contributed by atoms with Gasteiger partial charge in [-0.2, -0.15) is 0 Å². The molecule has 5 atom stereocenters. The number of amides is 7. The first-order chi connectivity index (χ1) is 25.2. The molecule has 1 fully saturated rings. The van der Waals surface area contributed by atoms with Crippen molar-refractivity contribution in [1.29, 1.82) is 0 Å². The molecule has 2 aromatic carbocycles. The molecule has 288 valence electrons. The van der Waals surface area contributed by atoms with Gasteiger partial charge in [0.2, 0.25) is 29.5 Å².